The van der Waals surface area contributed by atoms with Gasteiger partial charge in [0.05, 0.1) is 60.4 Å². The van der Waals surface area contributed by atoms with Crippen molar-refractivity contribution in [3.8, 4) is 17.1 Å². The molecule has 3 fully saturated rings. The maximum absolute atomic E-state index is 15.6. The van der Waals surface area contributed by atoms with E-state index in [0.29, 0.717) is 34.1 Å². The summed E-state index contributed by atoms with van der Waals surface area (Å²) in [4.78, 5) is 150. The Hall–Kier alpha value is -9.51. The third kappa shape index (κ3) is 14.8. The topological polar surface area (TPSA) is 447 Å². The Bertz CT molecular complexity index is 4040. The lowest BCUT2D eigenvalue weighted by Crippen LogP contribution is -2.61. The van der Waals surface area contributed by atoms with E-state index in [-0.39, 0.29) is 136 Å². The Morgan fingerprint density at radius 3 is 2.25 bits per heavy atom. The highest BCUT2D eigenvalue weighted by atomic mass is 19.1. The lowest BCUT2D eigenvalue weighted by Gasteiger charge is -2.38. The van der Waals surface area contributed by atoms with E-state index < -0.39 is 156 Å². The maximum Gasteiger partial charge on any atom is 0.408 e. The number of nitrogens with zero attached hydrogens (tertiary/aromatic N) is 3. The van der Waals surface area contributed by atoms with Gasteiger partial charge in [0.15, 0.2) is 11.7 Å². The summed E-state index contributed by atoms with van der Waals surface area (Å²) < 4.78 is 56.5. The number of halogens is 1. The Labute approximate surface area is 563 Å². The molecule has 33 heteroatoms. The molecule has 0 radical (unpaired) electrons. The first-order valence-electron chi connectivity index (χ1n) is 32.4. The number of fused-ring (bicyclic) bond motifs is 6. The number of rotatable bonds is 23. The number of esters is 1. The van der Waals surface area contributed by atoms with Gasteiger partial charge in [0, 0.05) is 79.2 Å². The molecule has 4 aromatic rings. The van der Waals surface area contributed by atoms with Crippen LogP contribution in [0.1, 0.15) is 123 Å². The number of carbonyl (C=O) groups is 10. The van der Waals surface area contributed by atoms with Crippen LogP contribution in [-0.4, -0.2) is 192 Å². The van der Waals surface area contributed by atoms with Crippen LogP contribution in [-0.2, 0) is 105 Å². The van der Waals surface area contributed by atoms with Crippen molar-refractivity contribution in [2.45, 2.75) is 191 Å². The van der Waals surface area contributed by atoms with Gasteiger partial charge < -0.3 is 95.2 Å². The molecule has 7 aliphatic rings. The van der Waals surface area contributed by atoms with Gasteiger partial charge in [-0.3, -0.25) is 38.5 Å². The highest BCUT2D eigenvalue weighted by Gasteiger charge is 2.51. The summed E-state index contributed by atoms with van der Waals surface area (Å²) in [5.41, 5.74) is 0.0475. The van der Waals surface area contributed by atoms with Crippen LogP contribution in [0.3, 0.4) is 0 Å². The average molecular weight is 1380 g/mol. The molecule has 0 unspecified atom stereocenters. The van der Waals surface area contributed by atoms with Crippen molar-refractivity contribution < 1.29 is 111 Å². The molecule has 11 N–H and O–H groups in total. The summed E-state index contributed by atoms with van der Waals surface area (Å²) >= 11 is 0. The molecule has 3 saturated heterocycles. The summed E-state index contributed by atoms with van der Waals surface area (Å²) in [7, 11) is 0. The minimum Gasteiger partial charge on any atom is -0.479 e. The summed E-state index contributed by atoms with van der Waals surface area (Å²) in [6.07, 6.45) is -11.2. The number of carbonyl (C=O) groups excluding carboxylic acids is 9. The number of hydrogen-bond donors (Lipinski definition) is 11. The number of imide groups is 1. The van der Waals surface area contributed by atoms with E-state index in [2.05, 4.69) is 31.9 Å². The van der Waals surface area contributed by atoms with Crippen molar-refractivity contribution in [3.63, 3.8) is 0 Å². The number of aryl methyl sites for hydroxylation is 1. The van der Waals surface area contributed by atoms with Crippen LogP contribution in [0.2, 0.25) is 0 Å². The lowest BCUT2D eigenvalue weighted by molar-refractivity contribution is -0.271. The molecular formula is C66H76FN9O23. The second-order valence-electron chi connectivity index (χ2n) is 26.2. The number of aliphatic carboxylic acids is 1. The Kier molecular flexibility index (Phi) is 20.6. The fraction of sp³-hybridized carbons (Fsp3) is 0.515. The highest BCUT2D eigenvalue weighted by molar-refractivity contribution is 6.13. The molecule has 0 spiro atoms. The van der Waals surface area contributed by atoms with Gasteiger partial charge in [0.25, 0.3) is 17.4 Å². The van der Waals surface area contributed by atoms with Crippen molar-refractivity contribution in [1.29, 1.82) is 0 Å². The van der Waals surface area contributed by atoms with Crippen molar-refractivity contribution in [3.05, 3.63) is 103 Å². The summed E-state index contributed by atoms with van der Waals surface area (Å²) in [6.45, 7) is 6.71. The number of ether oxygens (including phenoxy) is 7. The second-order valence-corrected chi connectivity index (χ2v) is 26.2. The zero-order chi connectivity index (χ0) is 71.1. The molecule has 0 bridgehead atoms. The maximum atomic E-state index is 15.6. The number of amides is 8. The Morgan fingerprint density at radius 1 is 0.838 bits per heavy atom. The SMILES string of the molecule is CC[C@@]1(O)C(=O)OCc2c1cc1n(c2=O)Cc2c-1nc1cc(F)c(C)c3c1c2[C@@H](NC(=O)OCc1ccc(O[C@@H]2O[C@H](C(=O)O)[C@@H](O)[C@H](O)[C@H]2O)c(CNC(=O)CCNC(=O)[C@H](CCCC(=O)N[C@H]2CO[C@H]4[C@@H]2OC[C@@H]4NC(=O)OC(C)(C)C)NC(=O)CCN2C(=O)C=CC2=O)c1)CC3. The number of hydrogen-bond acceptors (Lipinski definition) is 23. The fourth-order valence-corrected chi connectivity index (χ4v) is 13.3. The second kappa shape index (κ2) is 28.8. The van der Waals surface area contributed by atoms with Crippen LogP contribution in [0.15, 0.2) is 47.3 Å². The van der Waals surface area contributed by atoms with Crippen LogP contribution in [0.25, 0.3) is 22.3 Å². The van der Waals surface area contributed by atoms with E-state index in [9.17, 15) is 78.3 Å². The zero-order valence-electron chi connectivity index (χ0n) is 54.5. The minimum atomic E-state index is -2.12. The van der Waals surface area contributed by atoms with E-state index in [4.69, 9.17) is 38.1 Å². The molecule has 12 atom stereocenters. The van der Waals surface area contributed by atoms with Gasteiger partial charge in [0.2, 0.25) is 29.9 Å². The molecule has 2 aromatic heterocycles. The summed E-state index contributed by atoms with van der Waals surface area (Å²) in [6, 6.07) is 3.77. The first kappa shape index (κ1) is 70.8. The number of carboxylic acid groups (broad SMARTS) is 1. The van der Waals surface area contributed by atoms with Crippen molar-refractivity contribution in [2.24, 2.45) is 0 Å². The predicted octanol–water partition coefficient (Wildman–Crippen LogP) is -0.0198. The number of carboxylic acids is 1. The van der Waals surface area contributed by atoms with Gasteiger partial charge >= 0.3 is 24.1 Å². The third-order valence-electron chi connectivity index (χ3n) is 18.5. The smallest absolute Gasteiger partial charge is 0.408 e. The number of pyridine rings is 2. The molecule has 99 heavy (non-hydrogen) atoms. The quantitative estimate of drug-likeness (QED) is 0.0233. The van der Waals surface area contributed by atoms with Crippen LogP contribution >= 0.6 is 0 Å². The molecule has 32 nitrogen and oxygen atoms in total. The number of cyclic esters (lactones) is 1. The predicted molar refractivity (Wildman–Crippen MR) is 335 cm³/mol. The standard InChI is InChI=1S/C66H76FN9O23/c1-6-66(92)35-21-42-51-33(24-76(42)59(86)34(35)26-95-62(66)89)50-37(12-11-32-29(2)36(67)22-39(72-51)49(32)50)73-63(90)96-25-30-10-13-43(97-61-54(84)52(82)53(83)57(98-61)60(87)88)31(20-30)23-69-44(77)16-18-68-58(85)38(70-46(79)17-19-75-47(80)14-15-48(75)81)8-7-9-45(78)71-40-27-93-56-41(28-94-55(40)56)74-64(91)99-65(3,4)5/h10,13-15,20-22,37-38,40-41,52-57,61,82-84,92H,6-9,11-12,16-19,23-28H2,1-5H3,(H,68,85)(H,69,77)(H,70,79)(H,71,78)(H,73,90)(H,74,91)(H,87,88)/t37-,38-,40-,41-,52-,53-,54+,55+,56+,57-,61+,66-/m0/s1. The molecule has 1 aliphatic carbocycles. The number of alkyl carbamates (subject to hydrolysis) is 2. The van der Waals surface area contributed by atoms with Crippen molar-refractivity contribution in [1.82, 2.24) is 46.4 Å². The molecular weight excluding hydrogens is 1310 g/mol. The highest BCUT2D eigenvalue weighted by Crippen LogP contribution is 2.46. The number of aliphatic hydroxyl groups excluding tert-OH is 3. The van der Waals surface area contributed by atoms with E-state index >= 15 is 4.39 Å². The third-order valence-corrected chi connectivity index (χ3v) is 18.5. The van der Waals surface area contributed by atoms with Gasteiger partial charge in [-0.25, -0.2) is 28.6 Å². The van der Waals surface area contributed by atoms with Crippen LogP contribution in [0.4, 0.5) is 14.0 Å². The van der Waals surface area contributed by atoms with Gasteiger partial charge in [-0.1, -0.05) is 13.0 Å². The Morgan fingerprint density at radius 2 is 1.56 bits per heavy atom. The molecule has 530 valence electrons. The number of nitrogens with one attached hydrogen (secondary N) is 6. The van der Waals surface area contributed by atoms with E-state index in [1.54, 1.807) is 34.6 Å². The monoisotopic (exact) mass is 1380 g/mol. The van der Waals surface area contributed by atoms with Crippen LogP contribution < -0.4 is 42.2 Å². The largest absolute Gasteiger partial charge is 0.479 e. The average Bonchev–Trinajstić information content (AvgIpc) is 1.55. The van der Waals surface area contributed by atoms with Crippen LogP contribution in [0.5, 0.6) is 5.75 Å². The lowest BCUT2D eigenvalue weighted by atomic mass is 9.81. The van der Waals surface area contributed by atoms with Crippen LogP contribution in [0, 0.1) is 12.7 Å². The van der Waals surface area contributed by atoms with Gasteiger partial charge in [0.1, 0.15) is 66.9 Å². The Balaban J connectivity index is 0.747. The summed E-state index contributed by atoms with van der Waals surface area (Å²) in [5, 5.41) is 70.0. The fourth-order valence-electron chi connectivity index (χ4n) is 13.3. The minimum absolute atomic E-state index is 0.0331. The summed E-state index contributed by atoms with van der Waals surface area (Å²) in [5.74, 6) is -7.11. The number of benzene rings is 2. The number of aromatic nitrogens is 2. The van der Waals surface area contributed by atoms with Gasteiger partial charge in [-0.15, -0.1) is 0 Å². The van der Waals surface area contributed by atoms with E-state index in [1.807, 2.05) is 0 Å². The van der Waals surface area contributed by atoms with Crippen molar-refractivity contribution in [2.75, 3.05) is 26.3 Å². The molecule has 0 saturated carbocycles. The zero-order valence-corrected chi connectivity index (χ0v) is 54.5. The first-order chi connectivity index (χ1) is 47.0. The van der Waals surface area contributed by atoms with E-state index in [1.165, 1.54) is 34.9 Å². The van der Waals surface area contributed by atoms with Gasteiger partial charge in [-0.05, 0) is 100 Å². The molecule has 11 rings (SSSR count). The molecule has 8 heterocycles. The molecule has 6 aliphatic heterocycles. The van der Waals surface area contributed by atoms with Crippen molar-refractivity contribution >= 4 is 70.5 Å². The first-order valence-corrected chi connectivity index (χ1v) is 32.4. The normalized spacial score (nSPS) is 25.2. The van der Waals surface area contributed by atoms with Gasteiger partial charge in [-0.2, -0.15) is 0 Å². The molecule has 2 aromatic carbocycles. The number of aliphatic hydroxyl groups is 4. The molecule has 8 amide bonds. The van der Waals surface area contributed by atoms with E-state index in [0.717, 1.165) is 17.1 Å².